The topological polar surface area (TPSA) is 79.8 Å². The normalized spacial score (nSPS) is 21.7. The predicted octanol–water partition coefficient (Wildman–Crippen LogP) is 1.22. The first-order valence-electron chi connectivity index (χ1n) is 7.14. The zero-order valence-corrected chi connectivity index (χ0v) is 12.6. The zero-order chi connectivity index (χ0) is 14.8. The molecule has 0 radical (unpaired) electrons. The first kappa shape index (κ1) is 13.9. The molecule has 1 aliphatic heterocycles. The van der Waals surface area contributed by atoms with Crippen LogP contribution in [-0.4, -0.2) is 51.5 Å². The molecule has 2 aromatic heterocycles. The molecule has 7 heteroatoms. The van der Waals surface area contributed by atoms with Crippen molar-refractivity contribution in [1.82, 2.24) is 25.1 Å². The van der Waals surface area contributed by atoms with Gasteiger partial charge >= 0.3 is 0 Å². The zero-order valence-electron chi connectivity index (χ0n) is 12.6. The summed E-state index contributed by atoms with van der Waals surface area (Å²) in [5.41, 5.74) is 1.95. The van der Waals surface area contributed by atoms with Crippen LogP contribution in [0.25, 0.3) is 0 Å². The summed E-state index contributed by atoms with van der Waals surface area (Å²) >= 11 is 0. The van der Waals surface area contributed by atoms with Gasteiger partial charge in [0, 0.05) is 37.5 Å². The molecule has 0 saturated carbocycles. The Morgan fingerprint density at radius 1 is 1.33 bits per heavy atom. The van der Waals surface area contributed by atoms with Gasteiger partial charge in [-0.05, 0) is 26.3 Å². The number of ether oxygens (including phenoxy) is 1. The third kappa shape index (κ3) is 3.02. The van der Waals surface area contributed by atoms with E-state index in [1.165, 1.54) is 0 Å². The van der Waals surface area contributed by atoms with Gasteiger partial charge in [-0.3, -0.25) is 5.10 Å². The number of nitrogens with zero attached hydrogens (tertiary/aromatic N) is 5. The summed E-state index contributed by atoms with van der Waals surface area (Å²) in [4.78, 5) is 15.3. The van der Waals surface area contributed by atoms with Crippen LogP contribution in [0, 0.1) is 13.8 Å². The van der Waals surface area contributed by atoms with E-state index >= 15 is 0 Å². The molecule has 3 heterocycles. The quantitative estimate of drug-likeness (QED) is 0.911. The Morgan fingerprint density at radius 3 is 2.76 bits per heavy atom. The Labute approximate surface area is 123 Å². The lowest BCUT2D eigenvalue weighted by molar-refractivity contribution is 0.108. The number of aromatic amines is 1. The Balaban J connectivity index is 1.73. The van der Waals surface area contributed by atoms with Crippen molar-refractivity contribution >= 4 is 5.95 Å². The Hall–Kier alpha value is -2.02. The van der Waals surface area contributed by atoms with Crippen LogP contribution in [-0.2, 0) is 4.74 Å². The van der Waals surface area contributed by atoms with Crippen LogP contribution in [0.2, 0.25) is 0 Å². The van der Waals surface area contributed by atoms with E-state index in [0.717, 1.165) is 42.7 Å². The first-order valence-corrected chi connectivity index (χ1v) is 7.14. The highest BCUT2D eigenvalue weighted by molar-refractivity contribution is 5.31. The second-order valence-corrected chi connectivity index (χ2v) is 5.51. The maximum Gasteiger partial charge on any atom is 0.225 e. The number of aryl methyl sites for hydroxylation is 2. The van der Waals surface area contributed by atoms with Gasteiger partial charge in [0.15, 0.2) is 0 Å². The molecule has 0 amide bonds. The fourth-order valence-electron chi connectivity index (χ4n) is 2.76. The minimum absolute atomic E-state index is 0.0763. The average Bonchev–Trinajstić information content (AvgIpc) is 3.07. The summed E-state index contributed by atoms with van der Waals surface area (Å²) < 4.78 is 5.86. The number of rotatable bonds is 4. The van der Waals surface area contributed by atoms with Gasteiger partial charge in [-0.1, -0.05) is 0 Å². The maximum absolute atomic E-state index is 5.86. The van der Waals surface area contributed by atoms with Crippen LogP contribution in [0.15, 0.2) is 12.4 Å². The molecule has 1 aliphatic rings. The van der Waals surface area contributed by atoms with Crippen LogP contribution in [0.3, 0.4) is 0 Å². The van der Waals surface area contributed by atoms with Crippen molar-refractivity contribution in [2.45, 2.75) is 32.3 Å². The van der Waals surface area contributed by atoms with Crippen molar-refractivity contribution in [3.63, 3.8) is 0 Å². The fourth-order valence-corrected chi connectivity index (χ4v) is 2.76. The van der Waals surface area contributed by atoms with Gasteiger partial charge < -0.3 is 9.64 Å². The van der Waals surface area contributed by atoms with E-state index in [0.29, 0.717) is 0 Å². The molecular weight excluding hydrogens is 268 g/mol. The SMILES string of the molecule is Cc1cc(C)nc(N(C)C[C@H]2OCC[C@H]2c2ncn[nH]2)n1. The van der Waals surface area contributed by atoms with E-state index in [1.807, 2.05) is 31.9 Å². The molecule has 2 aromatic rings. The van der Waals surface area contributed by atoms with Crippen LogP contribution in [0.1, 0.15) is 29.6 Å². The van der Waals surface area contributed by atoms with Crippen LogP contribution in [0.4, 0.5) is 5.95 Å². The van der Waals surface area contributed by atoms with Crippen molar-refractivity contribution in [3.05, 3.63) is 29.6 Å². The Kier molecular flexibility index (Phi) is 3.83. The molecule has 3 rings (SSSR count). The summed E-state index contributed by atoms with van der Waals surface area (Å²) in [5.74, 6) is 1.88. The summed E-state index contributed by atoms with van der Waals surface area (Å²) in [6, 6.07) is 1.97. The van der Waals surface area contributed by atoms with E-state index in [2.05, 4.69) is 25.1 Å². The van der Waals surface area contributed by atoms with Crippen molar-refractivity contribution in [2.24, 2.45) is 0 Å². The second kappa shape index (κ2) is 5.77. The highest BCUT2D eigenvalue weighted by Crippen LogP contribution is 2.29. The van der Waals surface area contributed by atoms with E-state index in [-0.39, 0.29) is 12.0 Å². The molecule has 1 N–H and O–H groups in total. The second-order valence-electron chi connectivity index (χ2n) is 5.51. The lowest BCUT2D eigenvalue weighted by Gasteiger charge is -2.24. The highest BCUT2D eigenvalue weighted by Gasteiger charge is 2.33. The van der Waals surface area contributed by atoms with Crippen LogP contribution >= 0.6 is 0 Å². The Morgan fingerprint density at radius 2 is 2.10 bits per heavy atom. The minimum Gasteiger partial charge on any atom is -0.376 e. The summed E-state index contributed by atoms with van der Waals surface area (Å²) in [6.45, 7) is 5.44. The molecule has 7 nitrogen and oxygen atoms in total. The molecule has 112 valence electrons. The minimum atomic E-state index is 0.0763. The lowest BCUT2D eigenvalue weighted by atomic mass is 10.0. The number of anilines is 1. The van der Waals surface area contributed by atoms with Gasteiger partial charge in [0.1, 0.15) is 12.2 Å². The molecule has 0 unspecified atom stereocenters. The molecule has 21 heavy (non-hydrogen) atoms. The van der Waals surface area contributed by atoms with E-state index < -0.39 is 0 Å². The van der Waals surface area contributed by atoms with E-state index in [9.17, 15) is 0 Å². The largest absolute Gasteiger partial charge is 0.376 e. The van der Waals surface area contributed by atoms with Crippen molar-refractivity contribution in [3.8, 4) is 0 Å². The monoisotopic (exact) mass is 288 g/mol. The van der Waals surface area contributed by atoms with Crippen molar-refractivity contribution < 1.29 is 4.74 Å². The smallest absolute Gasteiger partial charge is 0.225 e. The predicted molar refractivity (Wildman–Crippen MR) is 78.3 cm³/mol. The van der Waals surface area contributed by atoms with Crippen LogP contribution in [0.5, 0.6) is 0 Å². The van der Waals surface area contributed by atoms with Crippen molar-refractivity contribution in [1.29, 1.82) is 0 Å². The molecule has 0 aliphatic carbocycles. The molecule has 0 bridgehead atoms. The number of H-pyrrole nitrogens is 1. The number of likely N-dealkylation sites (N-methyl/N-ethyl adjacent to an activating group) is 1. The number of aromatic nitrogens is 5. The Bertz CT molecular complexity index is 579. The molecule has 1 saturated heterocycles. The third-order valence-corrected chi connectivity index (χ3v) is 3.76. The molecule has 1 fully saturated rings. The summed E-state index contributed by atoms with van der Waals surface area (Å²) in [7, 11) is 1.99. The van der Waals surface area contributed by atoms with Gasteiger partial charge in [0.2, 0.25) is 5.95 Å². The van der Waals surface area contributed by atoms with Gasteiger partial charge in [-0.2, -0.15) is 5.10 Å². The lowest BCUT2D eigenvalue weighted by Crippen LogP contribution is -2.33. The number of hydrogen-bond donors (Lipinski definition) is 1. The summed E-state index contributed by atoms with van der Waals surface area (Å²) in [6.07, 6.45) is 2.58. The third-order valence-electron chi connectivity index (χ3n) is 3.76. The van der Waals surface area contributed by atoms with Gasteiger partial charge in [-0.25, -0.2) is 15.0 Å². The molecule has 0 aromatic carbocycles. The van der Waals surface area contributed by atoms with Gasteiger partial charge in [-0.15, -0.1) is 0 Å². The fraction of sp³-hybridized carbons (Fsp3) is 0.571. The number of nitrogens with one attached hydrogen (secondary N) is 1. The standard InChI is InChI=1S/C14H20N6O/c1-9-6-10(2)18-14(17-9)20(3)7-12-11(4-5-21-12)13-15-8-16-19-13/h6,8,11-12H,4-5,7H2,1-3H3,(H,15,16,19)/t11-,12-/m1/s1. The molecule has 2 atom stereocenters. The maximum atomic E-state index is 5.86. The number of hydrogen-bond acceptors (Lipinski definition) is 6. The highest BCUT2D eigenvalue weighted by atomic mass is 16.5. The van der Waals surface area contributed by atoms with E-state index in [4.69, 9.17) is 4.74 Å². The molecular formula is C14H20N6O. The molecule has 0 spiro atoms. The van der Waals surface area contributed by atoms with Gasteiger partial charge in [0.25, 0.3) is 0 Å². The van der Waals surface area contributed by atoms with Crippen molar-refractivity contribution in [2.75, 3.05) is 25.1 Å². The average molecular weight is 288 g/mol. The first-order chi connectivity index (χ1) is 10.1. The summed E-state index contributed by atoms with van der Waals surface area (Å²) in [5, 5.41) is 6.88. The van der Waals surface area contributed by atoms with Gasteiger partial charge in [0.05, 0.1) is 6.10 Å². The van der Waals surface area contributed by atoms with E-state index in [1.54, 1.807) is 6.33 Å². The van der Waals surface area contributed by atoms with Crippen LogP contribution < -0.4 is 4.90 Å².